The van der Waals surface area contributed by atoms with Crippen LogP contribution in [0.5, 0.6) is 0 Å². The van der Waals surface area contributed by atoms with Gasteiger partial charge in [0.25, 0.3) is 0 Å². The summed E-state index contributed by atoms with van der Waals surface area (Å²) in [5, 5.41) is 16.1. The van der Waals surface area contributed by atoms with Crippen molar-refractivity contribution >= 4 is 17.6 Å². The number of aliphatic hydroxyl groups is 1. The largest absolute Gasteiger partial charge is 0.443 e. The van der Waals surface area contributed by atoms with Crippen molar-refractivity contribution in [1.82, 2.24) is 15.3 Å². The molecule has 1 atom stereocenters. The van der Waals surface area contributed by atoms with Crippen molar-refractivity contribution in [2.45, 2.75) is 25.6 Å². The third kappa shape index (κ3) is 8.04. The number of pyridine rings is 2. The zero-order valence-corrected chi connectivity index (χ0v) is 17.2. The fraction of sp³-hybridized carbons (Fsp3) is 0.261. The quantitative estimate of drug-likeness (QED) is 0.371. The van der Waals surface area contributed by atoms with Crippen molar-refractivity contribution in [3.8, 4) is 0 Å². The molecule has 3 rings (SSSR count). The monoisotopic (exact) mass is 421 g/mol. The third-order valence-corrected chi connectivity index (χ3v) is 4.57. The van der Waals surface area contributed by atoms with Crippen LogP contribution in [0.1, 0.15) is 16.8 Å². The summed E-state index contributed by atoms with van der Waals surface area (Å²) in [6.45, 7) is 1.35. The summed E-state index contributed by atoms with van der Waals surface area (Å²) in [5.41, 5.74) is 8.99. The number of anilines is 2. The van der Waals surface area contributed by atoms with Crippen LogP contribution in [0.15, 0.2) is 67.0 Å². The van der Waals surface area contributed by atoms with Crippen LogP contribution < -0.4 is 16.4 Å². The molecule has 0 spiro atoms. The van der Waals surface area contributed by atoms with Crippen LogP contribution in [0, 0.1) is 0 Å². The van der Waals surface area contributed by atoms with Crippen molar-refractivity contribution in [2.75, 3.05) is 24.1 Å². The predicted octanol–water partition coefficient (Wildman–Crippen LogP) is 2.54. The molecule has 2 aromatic heterocycles. The first kappa shape index (κ1) is 22.2. The number of nitrogens with one attached hydrogen (secondary N) is 2. The Bertz CT molecular complexity index is 934. The maximum atomic E-state index is 11.9. The maximum Gasteiger partial charge on any atom is 0.412 e. The first-order valence-corrected chi connectivity index (χ1v) is 10.1. The van der Waals surface area contributed by atoms with Crippen LogP contribution >= 0.6 is 0 Å². The highest BCUT2D eigenvalue weighted by Crippen LogP contribution is 2.11. The Morgan fingerprint density at radius 1 is 1.06 bits per heavy atom. The van der Waals surface area contributed by atoms with E-state index in [1.165, 1.54) is 0 Å². The lowest BCUT2D eigenvalue weighted by Crippen LogP contribution is -2.29. The molecule has 0 saturated carbocycles. The van der Waals surface area contributed by atoms with Gasteiger partial charge in [-0.2, -0.15) is 0 Å². The van der Waals surface area contributed by atoms with Crippen LogP contribution in [0.2, 0.25) is 0 Å². The SMILES string of the molecule is Nc1ccc(CC(O)CNCCc2ccc(NC(=O)OCc3ccccn3)cc2)cn1. The van der Waals surface area contributed by atoms with Crippen LogP contribution in [0.3, 0.4) is 0 Å². The van der Waals surface area contributed by atoms with E-state index < -0.39 is 12.2 Å². The fourth-order valence-electron chi connectivity index (χ4n) is 2.93. The number of hydrogen-bond acceptors (Lipinski definition) is 7. The Morgan fingerprint density at radius 3 is 2.58 bits per heavy atom. The van der Waals surface area contributed by atoms with Gasteiger partial charge in [0.2, 0.25) is 0 Å². The summed E-state index contributed by atoms with van der Waals surface area (Å²) in [5.74, 6) is 0.471. The van der Waals surface area contributed by atoms with Gasteiger partial charge in [-0.15, -0.1) is 0 Å². The van der Waals surface area contributed by atoms with E-state index in [1.54, 1.807) is 24.5 Å². The summed E-state index contributed by atoms with van der Waals surface area (Å²) >= 11 is 0. The average molecular weight is 422 g/mol. The maximum absolute atomic E-state index is 11.9. The van der Waals surface area contributed by atoms with E-state index in [2.05, 4.69) is 20.6 Å². The predicted molar refractivity (Wildman–Crippen MR) is 119 cm³/mol. The van der Waals surface area contributed by atoms with Gasteiger partial charge in [-0.05, 0) is 54.4 Å². The Kier molecular flexibility index (Phi) is 8.33. The molecule has 3 aromatic rings. The highest BCUT2D eigenvalue weighted by atomic mass is 16.5. The van der Waals surface area contributed by atoms with Crippen molar-refractivity contribution in [3.05, 3.63) is 83.8 Å². The van der Waals surface area contributed by atoms with Crippen LogP contribution in [0.4, 0.5) is 16.3 Å². The van der Waals surface area contributed by atoms with Crippen molar-refractivity contribution in [1.29, 1.82) is 0 Å². The van der Waals surface area contributed by atoms with Gasteiger partial charge in [-0.3, -0.25) is 10.3 Å². The molecule has 5 N–H and O–H groups in total. The second-order valence-corrected chi connectivity index (χ2v) is 7.12. The minimum atomic E-state index is -0.523. The first-order valence-electron chi connectivity index (χ1n) is 10.1. The number of hydrogen-bond donors (Lipinski definition) is 4. The number of benzene rings is 1. The van der Waals surface area contributed by atoms with Gasteiger partial charge < -0.3 is 20.9 Å². The molecule has 0 aliphatic carbocycles. The van der Waals surface area contributed by atoms with E-state index in [-0.39, 0.29) is 6.61 Å². The Labute approximate surface area is 181 Å². The molecule has 0 aliphatic heterocycles. The molecule has 0 radical (unpaired) electrons. The number of nitrogens with zero attached hydrogens (tertiary/aromatic N) is 2. The summed E-state index contributed by atoms with van der Waals surface area (Å²) < 4.78 is 5.16. The van der Waals surface area contributed by atoms with E-state index in [0.717, 1.165) is 24.1 Å². The molecule has 1 aromatic carbocycles. The Hall–Kier alpha value is -3.49. The van der Waals surface area contributed by atoms with E-state index >= 15 is 0 Å². The van der Waals surface area contributed by atoms with Gasteiger partial charge >= 0.3 is 6.09 Å². The zero-order chi connectivity index (χ0) is 21.9. The molecule has 8 nitrogen and oxygen atoms in total. The van der Waals surface area contributed by atoms with Crippen LogP contribution in [-0.4, -0.2) is 40.4 Å². The second-order valence-electron chi connectivity index (χ2n) is 7.12. The molecule has 8 heteroatoms. The summed E-state index contributed by atoms with van der Waals surface area (Å²) in [6.07, 6.45) is 3.65. The highest BCUT2D eigenvalue weighted by molar-refractivity contribution is 5.84. The molecule has 1 unspecified atom stereocenters. The van der Waals surface area contributed by atoms with Crippen LogP contribution in [0.25, 0.3) is 0 Å². The smallest absolute Gasteiger partial charge is 0.412 e. The number of nitrogens with two attached hydrogens (primary N) is 1. The lowest BCUT2D eigenvalue weighted by Gasteiger charge is -2.12. The van der Waals surface area contributed by atoms with E-state index in [1.807, 2.05) is 42.5 Å². The normalized spacial score (nSPS) is 11.6. The molecule has 1 amide bonds. The molecule has 0 fully saturated rings. The molecule has 0 aliphatic rings. The summed E-state index contributed by atoms with van der Waals surface area (Å²) in [7, 11) is 0. The summed E-state index contributed by atoms with van der Waals surface area (Å²) in [4.78, 5) is 20.0. The number of carbonyl (C=O) groups excluding carboxylic acids is 1. The van der Waals surface area contributed by atoms with Gasteiger partial charge in [0.1, 0.15) is 12.4 Å². The topological polar surface area (TPSA) is 122 Å². The van der Waals surface area contributed by atoms with Crippen molar-refractivity contribution in [2.24, 2.45) is 0 Å². The lowest BCUT2D eigenvalue weighted by molar-refractivity contribution is 0.153. The number of ether oxygens (including phenoxy) is 1. The number of rotatable bonds is 10. The Morgan fingerprint density at radius 2 is 1.87 bits per heavy atom. The van der Waals surface area contributed by atoms with E-state index in [9.17, 15) is 9.90 Å². The average Bonchev–Trinajstić information content (AvgIpc) is 2.79. The second kappa shape index (κ2) is 11.6. The molecular weight excluding hydrogens is 394 g/mol. The number of amides is 1. The lowest BCUT2D eigenvalue weighted by atomic mass is 10.1. The third-order valence-electron chi connectivity index (χ3n) is 4.57. The van der Waals surface area contributed by atoms with Gasteiger partial charge in [0.15, 0.2) is 0 Å². The number of carbonyl (C=O) groups is 1. The Balaban J connectivity index is 1.32. The fourth-order valence-corrected chi connectivity index (χ4v) is 2.93. The minimum absolute atomic E-state index is 0.122. The van der Waals surface area contributed by atoms with Gasteiger partial charge in [-0.25, -0.2) is 9.78 Å². The minimum Gasteiger partial charge on any atom is -0.443 e. The number of aliphatic hydroxyl groups excluding tert-OH is 1. The van der Waals surface area contributed by atoms with Gasteiger partial charge in [0.05, 0.1) is 11.8 Å². The standard InChI is InChI=1S/C23H27N5O3/c24-22-9-6-18(14-27-22)13-21(29)15-25-12-10-17-4-7-19(8-5-17)28-23(30)31-16-20-3-1-2-11-26-20/h1-9,11,14,21,25,29H,10,12-13,15-16H2,(H2,24,27)(H,28,30). The van der Waals surface area contributed by atoms with Gasteiger partial charge in [0, 0.05) is 31.0 Å². The molecule has 31 heavy (non-hydrogen) atoms. The first-order chi connectivity index (χ1) is 15.1. The van der Waals surface area contributed by atoms with Crippen molar-refractivity contribution in [3.63, 3.8) is 0 Å². The molecule has 162 valence electrons. The molecule has 2 heterocycles. The highest BCUT2D eigenvalue weighted by Gasteiger charge is 2.07. The van der Waals surface area contributed by atoms with Gasteiger partial charge in [-0.1, -0.05) is 24.3 Å². The zero-order valence-electron chi connectivity index (χ0n) is 17.2. The number of aromatic nitrogens is 2. The summed E-state index contributed by atoms with van der Waals surface area (Å²) in [6, 6.07) is 16.6. The van der Waals surface area contributed by atoms with E-state index in [4.69, 9.17) is 10.5 Å². The molecule has 0 saturated heterocycles. The molecular formula is C23H27N5O3. The van der Waals surface area contributed by atoms with Crippen molar-refractivity contribution < 1.29 is 14.6 Å². The molecule has 0 bridgehead atoms. The number of nitrogen functional groups attached to an aromatic ring is 1. The van der Waals surface area contributed by atoms with E-state index in [0.29, 0.717) is 30.2 Å². The van der Waals surface area contributed by atoms with Crippen LogP contribution in [-0.2, 0) is 24.2 Å².